The molecule has 0 aliphatic rings. The summed E-state index contributed by atoms with van der Waals surface area (Å²) >= 11 is 0. The molecule has 0 aromatic heterocycles. The molecule has 82 valence electrons. The maximum absolute atomic E-state index is 13.7. The molecule has 0 amide bonds. The molecule has 3 heteroatoms. The highest BCUT2D eigenvalue weighted by atomic mass is 19.1. The molecule has 1 aromatic carbocycles. The molecule has 0 saturated heterocycles. The molecule has 0 radical (unpaired) electrons. The minimum absolute atomic E-state index is 0.132. The Morgan fingerprint density at radius 3 is 2.50 bits per heavy atom. The van der Waals surface area contributed by atoms with Gasteiger partial charge in [0.05, 0.1) is 24.1 Å². The smallest absolute Gasteiger partial charge is 0.128 e. The van der Waals surface area contributed by atoms with Gasteiger partial charge in [-0.25, -0.2) is 4.39 Å². The van der Waals surface area contributed by atoms with Crippen LogP contribution in [0.1, 0.15) is 30.5 Å². The van der Waals surface area contributed by atoms with E-state index >= 15 is 0 Å². The van der Waals surface area contributed by atoms with Gasteiger partial charge in [-0.05, 0) is 30.0 Å². The number of rotatable bonds is 3. The van der Waals surface area contributed by atoms with Crippen LogP contribution in [0.25, 0.3) is 0 Å². The van der Waals surface area contributed by atoms with Crippen molar-refractivity contribution >= 4 is 0 Å². The highest BCUT2D eigenvalue weighted by Gasteiger charge is 2.12. The predicted molar refractivity (Wildman–Crippen MR) is 59.0 cm³/mol. The van der Waals surface area contributed by atoms with Crippen molar-refractivity contribution in [1.29, 1.82) is 10.5 Å². The van der Waals surface area contributed by atoms with E-state index in [-0.39, 0.29) is 12.2 Å². The molecule has 16 heavy (non-hydrogen) atoms. The van der Waals surface area contributed by atoms with Gasteiger partial charge in [0.25, 0.3) is 0 Å². The molecular formula is C13H13FN2. The topological polar surface area (TPSA) is 47.6 Å². The zero-order valence-corrected chi connectivity index (χ0v) is 9.42. The second-order valence-corrected chi connectivity index (χ2v) is 4.15. The van der Waals surface area contributed by atoms with E-state index in [1.165, 1.54) is 6.07 Å². The Balaban J connectivity index is 3.20. The second kappa shape index (κ2) is 5.28. The zero-order valence-electron chi connectivity index (χ0n) is 9.42. The van der Waals surface area contributed by atoms with E-state index in [1.807, 2.05) is 26.0 Å². The number of hydrogen-bond acceptors (Lipinski definition) is 2. The zero-order chi connectivity index (χ0) is 12.1. The monoisotopic (exact) mass is 216 g/mol. The van der Waals surface area contributed by atoms with Crippen molar-refractivity contribution in [3.05, 3.63) is 34.6 Å². The van der Waals surface area contributed by atoms with Crippen molar-refractivity contribution < 1.29 is 4.39 Å². The van der Waals surface area contributed by atoms with E-state index in [9.17, 15) is 4.39 Å². The Bertz CT molecular complexity index is 464. The highest BCUT2D eigenvalue weighted by Crippen LogP contribution is 2.20. The van der Waals surface area contributed by atoms with Gasteiger partial charge in [-0.2, -0.15) is 10.5 Å². The molecule has 2 nitrogen and oxygen atoms in total. The maximum Gasteiger partial charge on any atom is 0.128 e. The van der Waals surface area contributed by atoms with Gasteiger partial charge in [-0.3, -0.25) is 0 Å². The lowest BCUT2D eigenvalue weighted by molar-refractivity contribution is 0.572. The molecule has 0 aliphatic heterocycles. The molecular weight excluding hydrogens is 203 g/mol. The molecule has 0 N–H and O–H groups in total. The van der Waals surface area contributed by atoms with E-state index in [2.05, 4.69) is 0 Å². The first-order chi connectivity index (χ1) is 7.58. The van der Waals surface area contributed by atoms with Gasteiger partial charge in [-0.1, -0.05) is 13.8 Å². The molecule has 0 atom stereocenters. The van der Waals surface area contributed by atoms with Crippen LogP contribution in [0.2, 0.25) is 0 Å². The Kier molecular flexibility index (Phi) is 4.03. The summed E-state index contributed by atoms with van der Waals surface area (Å²) in [5.41, 5.74) is 1.36. The van der Waals surface area contributed by atoms with Crippen LogP contribution in [0, 0.1) is 34.4 Å². The van der Waals surface area contributed by atoms with Gasteiger partial charge in [0.15, 0.2) is 0 Å². The Morgan fingerprint density at radius 2 is 2.00 bits per heavy atom. The summed E-state index contributed by atoms with van der Waals surface area (Å²) in [5, 5.41) is 17.5. The fourth-order valence-corrected chi connectivity index (χ4v) is 1.60. The lowest BCUT2D eigenvalue weighted by Crippen LogP contribution is -2.02. The minimum Gasteiger partial charge on any atom is -0.207 e. The largest absolute Gasteiger partial charge is 0.207 e. The van der Waals surface area contributed by atoms with Crippen molar-refractivity contribution in [1.82, 2.24) is 0 Å². The average molecular weight is 216 g/mol. The highest BCUT2D eigenvalue weighted by molar-refractivity contribution is 5.42. The van der Waals surface area contributed by atoms with Crippen LogP contribution < -0.4 is 0 Å². The Hall–Kier alpha value is -1.87. The standard InChI is InChI=1S/C13H13FN2/c1-9(2)5-12-11(8-16)6-10(3-4-15)7-13(12)14/h6-7,9H,3,5H2,1-2H3. The van der Waals surface area contributed by atoms with Crippen LogP contribution in [0.3, 0.4) is 0 Å². The van der Waals surface area contributed by atoms with Gasteiger partial charge in [0.1, 0.15) is 5.82 Å². The van der Waals surface area contributed by atoms with E-state index in [1.54, 1.807) is 6.07 Å². The van der Waals surface area contributed by atoms with Gasteiger partial charge >= 0.3 is 0 Å². The quantitative estimate of drug-likeness (QED) is 0.779. The maximum atomic E-state index is 13.7. The first-order valence-corrected chi connectivity index (χ1v) is 5.16. The Labute approximate surface area is 94.9 Å². The fraction of sp³-hybridized carbons (Fsp3) is 0.385. The van der Waals surface area contributed by atoms with Crippen LogP contribution >= 0.6 is 0 Å². The molecule has 1 aromatic rings. The van der Waals surface area contributed by atoms with Crippen LogP contribution in [0.4, 0.5) is 4.39 Å². The van der Waals surface area contributed by atoms with Crippen molar-refractivity contribution in [3.8, 4) is 12.1 Å². The number of nitrogens with zero attached hydrogens (tertiary/aromatic N) is 2. The molecule has 0 saturated carbocycles. The summed E-state index contributed by atoms with van der Waals surface area (Å²) in [5.74, 6) is -0.0820. The van der Waals surface area contributed by atoms with Crippen molar-refractivity contribution in [2.24, 2.45) is 5.92 Å². The molecule has 0 heterocycles. The number of halogens is 1. The molecule has 0 unspecified atom stereocenters. The fourth-order valence-electron chi connectivity index (χ4n) is 1.60. The number of benzene rings is 1. The predicted octanol–water partition coefficient (Wildman–Crippen LogP) is 2.96. The summed E-state index contributed by atoms with van der Waals surface area (Å²) in [6, 6.07) is 6.89. The third-order valence-electron chi connectivity index (χ3n) is 2.27. The first-order valence-electron chi connectivity index (χ1n) is 5.16. The van der Waals surface area contributed by atoms with Gasteiger partial charge in [0.2, 0.25) is 0 Å². The molecule has 1 rings (SSSR count). The van der Waals surface area contributed by atoms with E-state index in [0.29, 0.717) is 29.0 Å². The number of hydrogen-bond donors (Lipinski definition) is 0. The number of nitriles is 2. The summed E-state index contributed by atoms with van der Waals surface area (Å²) < 4.78 is 13.7. The third kappa shape index (κ3) is 2.81. The van der Waals surface area contributed by atoms with Crippen LogP contribution in [0.5, 0.6) is 0 Å². The van der Waals surface area contributed by atoms with Crippen LogP contribution in [-0.4, -0.2) is 0 Å². The van der Waals surface area contributed by atoms with E-state index in [4.69, 9.17) is 10.5 Å². The summed E-state index contributed by atoms with van der Waals surface area (Å²) in [7, 11) is 0. The van der Waals surface area contributed by atoms with Gasteiger partial charge in [0, 0.05) is 5.56 Å². The van der Waals surface area contributed by atoms with Crippen molar-refractivity contribution in [2.45, 2.75) is 26.7 Å². The van der Waals surface area contributed by atoms with E-state index < -0.39 is 0 Å². The molecule has 0 fully saturated rings. The first kappa shape index (κ1) is 12.2. The summed E-state index contributed by atoms with van der Waals surface area (Å²) in [4.78, 5) is 0. The summed E-state index contributed by atoms with van der Waals surface area (Å²) in [6.45, 7) is 3.95. The Morgan fingerprint density at radius 1 is 1.31 bits per heavy atom. The minimum atomic E-state index is -0.377. The third-order valence-corrected chi connectivity index (χ3v) is 2.27. The van der Waals surface area contributed by atoms with Gasteiger partial charge < -0.3 is 0 Å². The summed E-state index contributed by atoms with van der Waals surface area (Å²) in [6.07, 6.45) is 0.676. The SMILES string of the molecule is CC(C)Cc1c(F)cc(CC#N)cc1C#N. The normalized spacial score (nSPS) is 9.88. The lowest BCUT2D eigenvalue weighted by atomic mass is 9.95. The van der Waals surface area contributed by atoms with Crippen LogP contribution in [0.15, 0.2) is 12.1 Å². The van der Waals surface area contributed by atoms with Crippen molar-refractivity contribution in [3.63, 3.8) is 0 Å². The van der Waals surface area contributed by atoms with E-state index in [0.717, 1.165) is 0 Å². The lowest BCUT2D eigenvalue weighted by Gasteiger charge is -2.09. The van der Waals surface area contributed by atoms with Crippen LogP contribution in [-0.2, 0) is 12.8 Å². The molecule has 0 aliphatic carbocycles. The van der Waals surface area contributed by atoms with Gasteiger partial charge in [-0.15, -0.1) is 0 Å². The molecule has 0 bridgehead atoms. The van der Waals surface area contributed by atoms with Crippen molar-refractivity contribution in [2.75, 3.05) is 0 Å². The molecule has 0 spiro atoms. The second-order valence-electron chi connectivity index (χ2n) is 4.15. The average Bonchev–Trinajstić information content (AvgIpc) is 2.21.